The van der Waals surface area contributed by atoms with Crippen LogP contribution in [0.2, 0.25) is 0 Å². The molecular formula is C17H18N2O4S2. The minimum Gasteiger partial charge on any atom is -0.465 e. The molecule has 2 aromatic rings. The number of hydrogen-bond donors (Lipinski definition) is 2. The van der Waals surface area contributed by atoms with Gasteiger partial charge < -0.3 is 10.1 Å². The summed E-state index contributed by atoms with van der Waals surface area (Å²) in [4.78, 5) is 37.0. The molecule has 0 radical (unpaired) electrons. The highest BCUT2D eigenvalue weighted by Gasteiger charge is 2.23. The van der Waals surface area contributed by atoms with Gasteiger partial charge in [0.1, 0.15) is 5.00 Å². The summed E-state index contributed by atoms with van der Waals surface area (Å²) in [6.07, 6.45) is 0.653. The molecule has 0 fully saturated rings. The van der Waals surface area contributed by atoms with E-state index in [9.17, 15) is 14.4 Å². The standard InChI is InChI=1S/C17H18N2O4S2/c1-4-12-10(2)24-15(13(12)16(21)23-3)18-17(22)25-19-14(20)11-8-6-5-7-9-11/h5-9H,4H2,1-3H3,(H,18,22)(H,19,20). The maximum atomic E-state index is 12.1. The number of benzene rings is 1. The fourth-order valence-electron chi connectivity index (χ4n) is 2.27. The van der Waals surface area contributed by atoms with Crippen LogP contribution in [0.15, 0.2) is 30.3 Å². The molecule has 1 aromatic heterocycles. The van der Waals surface area contributed by atoms with Crippen LogP contribution in [-0.2, 0) is 11.2 Å². The number of nitrogens with one attached hydrogen (secondary N) is 2. The molecule has 0 bridgehead atoms. The second-order valence-corrected chi connectivity index (χ2v) is 7.00. The fraction of sp³-hybridized carbons (Fsp3) is 0.235. The monoisotopic (exact) mass is 378 g/mol. The Kier molecular flexibility index (Phi) is 6.60. The summed E-state index contributed by atoms with van der Waals surface area (Å²) in [6, 6.07) is 8.58. The summed E-state index contributed by atoms with van der Waals surface area (Å²) < 4.78 is 7.28. The zero-order valence-electron chi connectivity index (χ0n) is 14.0. The molecule has 0 aliphatic heterocycles. The van der Waals surface area contributed by atoms with Crippen molar-refractivity contribution < 1.29 is 19.1 Å². The number of rotatable bonds is 4. The number of ether oxygens (including phenoxy) is 1. The van der Waals surface area contributed by atoms with Gasteiger partial charge in [0, 0.05) is 10.4 Å². The number of amides is 2. The molecule has 6 nitrogen and oxygen atoms in total. The lowest BCUT2D eigenvalue weighted by atomic mass is 10.1. The summed E-state index contributed by atoms with van der Waals surface area (Å²) >= 11 is 1.94. The van der Waals surface area contributed by atoms with Gasteiger partial charge in [0.2, 0.25) is 0 Å². The van der Waals surface area contributed by atoms with E-state index in [0.717, 1.165) is 10.4 Å². The molecule has 2 amide bonds. The molecule has 2 rings (SSSR count). The van der Waals surface area contributed by atoms with Crippen molar-refractivity contribution in [2.24, 2.45) is 0 Å². The third-order valence-electron chi connectivity index (χ3n) is 3.44. The van der Waals surface area contributed by atoms with Gasteiger partial charge in [-0.2, -0.15) is 0 Å². The molecule has 0 saturated heterocycles. The van der Waals surface area contributed by atoms with Gasteiger partial charge in [0.15, 0.2) is 0 Å². The SMILES string of the molecule is CCc1c(C)sc(NC(=O)SNC(=O)c2ccccc2)c1C(=O)OC. The van der Waals surface area contributed by atoms with Crippen LogP contribution in [0.5, 0.6) is 0 Å². The van der Waals surface area contributed by atoms with E-state index in [1.54, 1.807) is 30.3 Å². The maximum absolute atomic E-state index is 12.1. The Hall–Kier alpha value is -2.32. The van der Waals surface area contributed by atoms with E-state index < -0.39 is 11.2 Å². The zero-order chi connectivity index (χ0) is 18.4. The number of thiophene rings is 1. The van der Waals surface area contributed by atoms with Gasteiger partial charge in [-0.05, 0) is 31.0 Å². The van der Waals surface area contributed by atoms with Crippen LogP contribution < -0.4 is 10.0 Å². The van der Waals surface area contributed by atoms with E-state index in [-0.39, 0.29) is 5.91 Å². The number of hydrogen-bond acceptors (Lipinski definition) is 6. The van der Waals surface area contributed by atoms with Gasteiger partial charge in [-0.3, -0.25) is 14.3 Å². The van der Waals surface area contributed by atoms with Crippen molar-refractivity contribution >= 4 is 45.4 Å². The lowest BCUT2D eigenvalue weighted by Crippen LogP contribution is -2.20. The summed E-state index contributed by atoms with van der Waals surface area (Å²) in [7, 11) is 1.30. The third kappa shape index (κ3) is 4.61. The first-order valence-corrected chi connectivity index (χ1v) is 9.15. The quantitative estimate of drug-likeness (QED) is 0.620. The van der Waals surface area contributed by atoms with Crippen molar-refractivity contribution in [3.63, 3.8) is 0 Å². The number of esters is 1. The van der Waals surface area contributed by atoms with Crippen LogP contribution in [0.4, 0.5) is 9.80 Å². The normalized spacial score (nSPS) is 10.2. The van der Waals surface area contributed by atoms with Crippen LogP contribution in [-0.4, -0.2) is 24.2 Å². The molecule has 2 N–H and O–H groups in total. The highest BCUT2D eigenvalue weighted by Crippen LogP contribution is 2.34. The van der Waals surface area contributed by atoms with Crippen molar-refractivity contribution in [1.82, 2.24) is 4.72 Å². The Bertz CT molecular complexity index is 787. The predicted octanol–water partition coefficient (Wildman–Crippen LogP) is 4.02. The Morgan fingerprint density at radius 3 is 2.48 bits per heavy atom. The lowest BCUT2D eigenvalue weighted by Gasteiger charge is -2.07. The Balaban J connectivity index is 2.06. The van der Waals surface area contributed by atoms with Crippen LogP contribution in [0.3, 0.4) is 0 Å². The minimum absolute atomic E-state index is 0.370. The minimum atomic E-state index is -0.491. The maximum Gasteiger partial charge on any atom is 0.341 e. The third-order valence-corrected chi connectivity index (χ3v) is 5.08. The average molecular weight is 378 g/mol. The lowest BCUT2D eigenvalue weighted by molar-refractivity contribution is 0.0601. The highest BCUT2D eigenvalue weighted by atomic mass is 32.2. The summed E-state index contributed by atoms with van der Waals surface area (Å²) in [5.41, 5.74) is 1.68. The van der Waals surface area contributed by atoms with Crippen LogP contribution in [0, 0.1) is 6.92 Å². The molecular weight excluding hydrogens is 360 g/mol. The number of aryl methyl sites for hydroxylation is 1. The molecule has 0 unspecified atom stereocenters. The molecule has 25 heavy (non-hydrogen) atoms. The van der Waals surface area contributed by atoms with Crippen molar-refractivity contribution in [2.45, 2.75) is 20.3 Å². The van der Waals surface area contributed by atoms with E-state index in [0.29, 0.717) is 34.5 Å². The second-order valence-electron chi connectivity index (χ2n) is 5.00. The van der Waals surface area contributed by atoms with Crippen molar-refractivity contribution in [2.75, 3.05) is 12.4 Å². The summed E-state index contributed by atoms with van der Waals surface area (Å²) in [5, 5.41) is 2.59. The van der Waals surface area contributed by atoms with Crippen molar-refractivity contribution in [3.8, 4) is 0 Å². The molecule has 0 aliphatic rings. The first-order valence-electron chi connectivity index (χ1n) is 7.51. The molecule has 0 atom stereocenters. The van der Waals surface area contributed by atoms with Gasteiger partial charge in [-0.1, -0.05) is 25.1 Å². The first kappa shape index (κ1) is 19.0. The van der Waals surface area contributed by atoms with Gasteiger partial charge in [-0.15, -0.1) is 11.3 Å². The Morgan fingerprint density at radius 1 is 1.20 bits per heavy atom. The Morgan fingerprint density at radius 2 is 1.88 bits per heavy atom. The fourth-order valence-corrected chi connectivity index (χ4v) is 3.92. The van der Waals surface area contributed by atoms with Crippen LogP contribution >= 0.6 is 23.3 Å². The molecule has 1 aromatic carbocycles. The van der Waals surface area contributed by atoms with E-state index in [1.165, 1.54) is 18.4 Å². The van der Waals surface area contributed by atoms with Gasteiger partial charge >= 0.3 is 11.2 Å². The number of carbonyl (C=O) groups excluding carboxylic acids is 3. The number of methoxy groups -OCH3 is 1. The topological polar surface area (TPSA) is 84.5 Å². The van der Waals surface area contributed by atoms with E-state index in [2.05, 4.69) is 10.0 Å². The van der Waals surface area contributed by atoms with E-state index in [1.807, 2.05) is 13.8 Å². The Labute approximate surface area is 154 Å². The van der Waals surface area contributed by atoms with Gasteiger partial charge in [-0.25, -0.2) is 4.79 Å². The van der Waals surface area contributed by atoms with E-state index in [4.69, 9.17) is 4.74 Å². The van der Waals surface area contributed by atoms with E-state index >= 15 is 0 Å². The molecule has 132 valence electrons. The zero-order valence-corrected chi connectivity index (χ0v) is 15.7. The molecule has 0 saturated carbocycles. The molecule has 8 heteroatoms. The number of carbonyl (C=O) groups is 3. The average Bonchev–Trinajstić information content (AvgIpc) is 2.94. The summed E-state index contributed by atoms with van der Waals surface area (Å²) in [5.74, 6) is -0.861. The van der Waals surface area contributed by atoms with Crippen molar-refractivity contribution in [1.29, 1.82) is 0 Å². The van der Waals surface area contributed by atoms with Crippen LogP contribution in [0.1, 0.15) is 38.1 Å². The predicted molar refractivity (Wildman–Crippen MR) is 100 cm³/mol. The molecule has 0 aliphatic carbocycles. The van der Waals surface area contributed by atoms with Gasteiger partial charge in [0.25, 0.3) is 5.91 Å². The van der Waals surface area contributed by atoms with Gasteiger partial charge in [0.05, 0.1) is 24.6 Å². The van der Waals surface area contributed by atoms with Crippen LogP contribution in [0.25, 0.3) is 0 Å². The smallest absolute Gasteiger partial charge is 0.341 e. The molecule has 0 spiro atoms. The summed E-state index contributed by atoms with van der Waals surface area (Å²) in [6.45, 7) is 3.82. The second kappa shape index (κ2) is 8.68. The number of anilines is 1. The highest BCUT2D eigenvalue weighted by molar-refractivity contribution is 8.12. The largest absolute Gasteiger partial charge is 0.465 e. The molecule has 1 heterocycles. The van der Waals surface area contributed by atoms with Crippen molar-refractivity contribution in [3.05, 3.63) is 51.9 Å². The first-order chi connectivity index (χ1) is 12.0.